The zero-order valence-electron chi connectivity index (χ0n) is 14.7. The number of carbonyl (C=O) groups excluding carboxylic acids is 1. The third kappa shape index (κ3) is 7.86. The van der Waals surface area contributed by atoms with Crippen LogP contribution in [0.2, 0.25) is 0 Å². The second-order valence-electron chi connectivity index (χ2n) is 6.33. The highest BCUT2D eigenvalue weighted by Crippen LogP contribution is 2.30. The number of carboxylic acids is 1. The summed E-state index contributed by atoms with van der Waals surface area (Å²) < 4.78 is 17.7. The first kappa shape index (κ1) is 22.1. The van der Waals surface area contributed by atoms with Crippen molar-refractivity contribution in [1.82, 2.24) is 4.90 Å². The number of rotatable bonds is 13. The van der Waals surface area contributed by atoms with Gasteiger partial charge in [0.25, 0.3) is 5.91 Å². The predicted octanol–water partition coefficient (Wildman–Crippen LogP) is 1.21. The summed E-state index contributed by atoms with van der Waals surface area (Å²) >= 11 is 0. The van der Waals surface area contributed by atoms with Crippen LogP contribution in [0.25, 0.3) is 0 Å². The van der Waals surface area contributed by atoms with Crippen molar-refractivity contribution in [3.63, 3.8) is 0 Å². The number of amides is 1. The van der Waals surface area contributed by atoms with Crippen LogP contribution in [0.15, 0.2) is 0 Å². The fourth-order valence-corrected chi connectivity index (χ4v) is 4.15. The monoisotopic (exact) mass is 378 g/mol. The van der Waals surface area contributed by atoms with Crippen LogP contribution in [0, 0.1) is 0 Å². The summed E-state index contributed by atoms with van der Waals surface area (Å²) in [5.74, 6) is -1.39. The van der Waals surface area contributed by atoms with E-state index in [1.807, 2.05) is 0 Å². The van der Waals surface area contributed by atoms with Gasteiger partial charge in [-0.25, -0.2) is 4.79 Å². The Morgan fingerprint density at radius 3 is 2.64 bits per heavy atom. The second-order valence-corrected chi connectivity index (χ2v) is 7.80. The van der Waals surface area contributed by atoms with Crippen molar-refractivity contribution in [2.75, 3.05) is 25.9 Å². The Labute approximate surface area is 149 Å². The SMILES string of the molecule is NCCCC[C@H](O[PH](=O)CCCCCO)C(=O)N1CCC[C@H]1C(=O)O. The molecule has 146 valence electrons. The lowest BCUT2D eigenvalue weighted by Gasteiger charge is -2.26. The summed E-state index contributed by atoms with van der Waals surface area (Å²) in [6.45, 7) is 0.996. The van der Waals surface area contributed by atoms with Gasteiger partial charge in [0.2, 0.25) is 0 Å². The van der Waals surface area contributed by atoms with Crippen LogP contribution >= 0.6 is 8.03 Å². The molecule has 1 unspecified atom stereocenters. The first-order valence-electron chi connectivity index (χ1n) is 9.05. The maximum atomic E-state index is 12.7. The minimum absolute atomic E-state index is 0.105. The zero-order valence-corrected chi connectivity index (χ0v) is 15.7. The average Bonchev–Trinajstić information content (AvgIpc) is 3.07. The molecule has 1 aliphatic rings. The Kier molecular flexibility index (Phi) is 11.0. The quantitative estimate of drug-likeness (QED) is 0.324. The Hall–Kier alpha value is -0.950. The molecule has 3 atom stereocenters. The molecule has 0 aromatic carbocycles. The smallest absolute Gasteiger partial charge is 0.326 e. The van der Waals surface area contributed by atoms with Crippen molar-refractivity contribution in [1.29, 1.82) is 0 Å². The molecule has 1 heterocycles. The van der Waals surface area contributed by atoms with Gasteiger partial charge in [0.1, 0.15) is 12.1 Å². The molecule has 0 aromatic heterocycles. The number of hydrogen-bond acceptors (Lipinski definition) is 6. The van der Waals surface area contributed by atoms with Gasteiger partial charge in [0.05, 0.1) is 0 Å². The molecule has 1 amide bonds. The van der Waals surface area contributed by atoms with Crippen molar-refractivity contribution in [2.45, 2.75) is 63.5 Å². The molecule has 25 heavy (non-hydrogen) atoms. The first-order valence-corrected chi connectivity index (χ1v) is 10.6. The van der Waals surface area contributed by atoms with E-state index in [1.54, 1.807) is 0 Å². The number of nitrogens with two attached hydrogens (primary N) is 1. The maximum absolute atomic E-state index is 12.7. The fourth-order valence-electron chi connectivity index (χ4n) is 2.95. The maximum Gasteiger partial charge on any atom is 0.326 e. The minimum atomic E-state index is -2.37. The van der Waals surface area contributed by atoms with E-state index in [0.29, 0.717) is 57.8 Å². The molecule has 0 saturated carbocycles. The number of aliphatic hydroxyl groups excluding tert-OH is 1. The summed E-state index contributed by atoms with van der Waals surface area (Å²) in [5, 5.41) is 18.0. The summed E-state index contributed by atoms with van der Waals surface area (Å²) in [6.07, 6.45) is 4.46. The molecule has 0 spiro atoms. The van der Waals surface area contributed by atoms with Crippen LogP contribution in [0.4, 0.5) is 0 Å². The number of nitrogens with zero attached hydrogens (tertiary/aromatic N) is 1. The number of carbonyl (C=O) groups is 2. The first-order chi connectivity index (χ1) is 12.0. The largest absolute Gasteiger partial charge is 0.480 e. The lowest BCUT2D eigenvalue weighted by atomic mass is 10.1. The van der Waals surface area contributed by atoms with Gasteiger partial charge in [-0.2, -0.15) is 0 Å². The lowest BCUT2D eigenvalue weighted by molar-refractivity contribution is -0.151. The predicted molar refractivity (Wildman–Crippen MR) is 95.0 cm³/mol. The van der Waals surface area contributed by atoms with E-state index in [-0.39, 0.29) is 12.5 Å². The summed E-state index contributed by atoms with van der Waals surface area (Å²) in [7, 11) is -2.37. The number of hydrogen-bond donors (Lipinski definition) is 3. The topological polar surface area (TPSA) is 130 Å². The number of unbranched alkanes of at least 4 members (excludes halogenated alkanes) is 3. The highest BCUT2D eigenvalue weighted by atomic mass is 31.1. The molecule has 1 rings (SSSR count). The van der Waals surface area contributed by atoms with Gasteiger partial charge in [0.15, 0.2) is 8.03 Å². The van der Waals surface area contributed by atoms with Crippen LogP contribution < -0.4 is 5.73 Å². The third-order valence-corrected chi connectivity index (χ3v) is 5.64. The minimum Gasteiger partial charge on any atom is -0.480 e. The van der Waals surface area contributed by atoms with Gasteiger partial charge in [-0.15, -0.1) is 0 Å². The molecular formula is C16H31N2O6P. The van der Waals surface area contributed by atoms with Gasteiger partial charge < -0.3 is 25.4 Å². The molecular weight excluding hydrogens is 347 g/mol. The van der Waals surface area contributed by atoms with Gasteiger partial charge >= 0.3 is 5.97 Å². The van der Waals surface area contributed by atoms with Crippen molar-refractivity contribution in [3.05, 3.63) is 0 Å². The number of likely N-dealkylation sites (tertiary alicyclic amines) is 1. The standard InChI is InChI=1S/C16H31N2O6P/c17-9-3-2-8-14(24-25(23)12-5-1-4-11-19)15(20)18-10-6-7-13(18)16(21)22/h13-14,19,25H,1-12,17H2,(H,21,22)/t13-,14-/m0/s1. The van der Waals surface area contributed by atoms with E-state index in [2.05, 4.69) is 0 Å². The Morgan fingerprint density at radius 2 is 2.00 bits per heavy atom. The van der Waals surface area contributed by atoms with Crippen LogP contribution in [0.1, 0.15) is 51.4 Å². The van der Waals surface area contributed by atoms with E-state index in [0.717, 1.165) is 12.8 Å². The van der Waals surface area contributed by atoms with E-state index >= 15 is 0 Å². The van der Waals surface area contributed by atoms with Crippen molar-refractivity contribution in [2.24, 2.45) is 5.73 Å². The van der Waals surface area contributed by atoms with Gasteiger partial charge in [-0.3, -0.25) is 9.36 Å². The molecule has 8 nitrogen and oxygen atoms in total. The van der Waals surface area contributed by atoms with Gasteiger partial charge in [-0.1, -0.05) is 6.42 Å². The van der Waals surface area contributed by atoms with Crippen molar-refractivity contribution < 1.29 is 28.9 Å². The van der Waals surface area contributed by atoms with E-state index in [1.165, 1.54) is 4.90 Å². The summed E-state index contributed by atoms with van der Waals surface area (Å²) in [6, 6.07) is -0.819. The van der Waals surface area contributed by atoms with E-state index < -0.39 is 26.1 Å². The number of carboxylic acid groups (broad SMARTS) is 1. The Bertz CT molecular complexity index is 448. The van der Waals surface area contributed by atoms with Crippen LogP contribution in [-0.4, -0.2) is 65.0 Å². The normalized spacial score (nSPS) is 19.8. The van der Waals surface area contributed by atoms with Gasteiger partial charge in [-0.05, 0) is 51.5 Å². The van der Waals surface area contributed by atoms with Gasteiger partial charge in [0, 0.05) is 19.3 Å². The third-order valence-electron chi connectivity index (χ3n) is 4.33. The van der Waals surface area contributed by atoms with Crippen LogP contribution in [-0.2, 0) is 18.7 Å². The molecule has 4 N–H and O–H groups in total. The molecule has 0 bridgehead atoms. The molecule has 0 aliphatic carbocycles. The second kappa shape index (κ2) is 12.4. The molecule has 1 saturated heterocycles. The molecule has 0 aromatic rings. The van der Waals surface area contributed by atoms with E-state index in [4.69, 9.17) is 15.4 Å². The molecule has 9 heteroatoms. The van der Waals surface area contributed by atoms with Crippen molar-refractivity contribution in [3.8, 4) is 0 Å². The Morgan fingerprint density at radius 1 is 1.24 bits per heavy atom. The fraction of sp³-hybridized carbons (Fsp3) is 0.875. The summed E-state index contributed by atoms with van der Waals surface area (Å²) in [5.41, 5.74) is 5.48. The lowest BCUT2D eigenvalue weighted by Crippen LogP contribution is -2.45. The number of aliphatic hydroxyl groups is 1. The zero-order chi connectivity index (χ0) is 18.7. The van der Waals surface area contributed by atoms with Crippen LogP contribution in [0.5, 0.6) is 0 Å². The van der Waals surface area contributed by atoms with Crippen molar-refractivity contribution >= 4 is 19.9 Å². The molecule has 1 fully saturated rings. The molecule has 0 radical (unpaired) electrons. The molecule has 1 aliphatic heterocycles. The average molecular weight is 378 g/mol. The highest BCUT2D eigenvalue weighted by Gasteiger charge is 2.37. The summed E-state index contributed by atoms with van der Waals surface area (Å²) in [4.78, 5) is 25.4. The van der Waals surface area contributed by atoms with E-state index in [9.17, 15) is 19.3 Å². The Balaban J connectivity index is 2.63. The highest BCUT2D eigenvalue weighted by molar-refractivity contribution is 7.39. The number of aliphatic carboxylic acids is 1. The van der Waals surface area contributed by atoms with Crippen LogP contribution in [0.3, 0.4) is 0 Å².